The van der Waals surface area contributed by atoms with Crippen molar-refractivity contribution in [3.63, 3.8) is 0 Å². The normalized spacial score (nSPS) is 15.1. The second kappa shape index (κ2) is 7.59. The van der Waals surface area contributed by atoms with E-state index in [9.17, 15) is 4.79 Å². The van der Waals surface area contributed by atoms with E-state index in [4.69, 9.17) is 0 Å². The molecule has 0 saturated carbocycles. The first kappa shape index (κ1) is 16.0. The largest absolute Gasteiger partial charge is 0.340 e. The number of carbonyl (C=O) groups excluding carboxylic acids is 1. The Labute approximate surface area is 145 Å². The smallest absolute Gasteiger partial charge is 0.254 e. The number of nitrogens with one attached hydrogen (secondary N) is 1. The third-order valence-electron chi connectivity index (χ3n) is 4.02. The predicted octanol–water partition coefficient (Wildman–Crippen LogP) is 4.60. The number of hydrogen-bond donors (Lipinski definition) is 1. The minimum atomic E-state index is 0.105. The van der Waals surface area contributed by atoms with Gasteiger partial charge in [0.15, 0.2) is 0 Å². The van der Waals surface area contributed by atoms with Crippen LogP contribution in [0.2, 0.25) is 0 Å². The Morgan fingerprint density at radius 3 is 2.43 bits per heavy atom. The van der Waals surface area contributed by atoms with Crippen molar-refractivity contribution in [2.75, 3.05) is 18.4 Å². The van der Waals surface area contributed by atoms with Gasteiger partial charge in [-0.25, -0.2) is 4.98 Å². The van der Waals surface area contributed by atoms with Crippen LogP contribution in [0, 0.1) is 0 Å². The van der Waals surface area contributed by atoms with E-state index in [0.29, 0.717) is 11.4 Å². The minimum Gasteiger partial charge on any atom is -0.340 e. The highest BCUT2D eigenvalue weighted by molar-refractivity contribution is 9.10. The molecule has 3 rings (SSSR count). The Bertz CT molecular complexity index is 664. The Morgan fingerprint density at radius 2 is 1.74 bits per heavy atom. The zero-order valence-corrected chi connectivity index (χ0v) is 14.6. The van der Waals surface area contributed by atoms with Crippen LogP contribution >= 0.6 is 15.9 Å². The lowest BCUT2D eigenvalue weighted by Gasteiger charge is -2.20. The molecule has 1 aliphatic heterocycles. The summed E-state index contributed by atoms with van der Waals surface area (Å²) in [6.07, 6.45) is 6.32. The summed E-state index contributed by atoms with van der Waals surface area (Å²) in [5.74, 6) is 0.793. The molecule has 1 aromatic heterocycles. The Morgan fingerprint density at radius 1 is 1.04 bits per heavy atom. The first-order valence-electron chi connectivity index (χ1n) is 8.00. The number of anilines is 2. The molecule has 2 aromatic rings. The zero-order chi connectivity index (χ0) is 16.1. The van der Waals surface area contributed by atoms with Crippen LogP contribution in [-0.2, 0) is 0 Å². The number of carbonyl (C=O) groups is 1. The summed E-state index contributed by atoms with van der Waals surface area (Å²) < 4.78 is 1.03. The molecule has 0 bridgehead atoms. The van der Waals surface area contributed by atoms with Gasteiger partial charge in [0.25, 0.3) is 5.91 Å². The van der Waals surface area contributed by atoms with Crippen LogP contribution in [0.5, 0.6) is 0 Å². The minimum absolute atomic E-state index is 0.105. The SMILES string of the molecule is O=C(c1ccnc(Nc2ccc(Br)cc2)c1)N1CCCCCC1. The van der Waals surface area contributed by atoms with Crippen molar-refractivity contribution in [3.05, 3.63) is 52.6 Å². The second-order valence-electron chi connectivity index (χ2n) is 5.77. The molecule has 1 aromatic carbocycles. The third-order valence-corrected chi connectivity index (χ3v) is 4.55. The Balaban J connectivity index is 1.73. The molecule has 0 spiro atoms. The molecule has 0 radical (unpaired) electrons. The number of pyridine rings is 1. The highest BCUT2D eigenvalue weighted by atomic mass is 79.9. The molecule has 2 heterocycles. The molecule has 0 unspecified atom stereocenters. The molecule has 5 heteroatoms. The van der Waals surface area contributed by atoms with Crippen LogP contribution < -0.4 is 5.32 Å². The second-order valence-corrected chi connectivity index (χ2v) is 6.68. The summed E-state index contributed by atoms with van der Waals surface area (Å²) in [5.41, 5.74) is 1.64. The molecular formula is C18H20BrN3O. The predicted molar refractivity (Wildman–Crippen MR) is 96.0 cm³/mol. The van der Waals surface area contributed by atoms with Gasteiger partial charge in [-0.15, -0.1) is 0 Å². The molecule has 120 valence electrons. The monoisotopic (exact) mass is 373 g/mol. The van der Waals surface area contributed by atoms with Crippen molar-refractivity contribution in [3.8, 4) is 0 Å². The van der Waals surface area contributed by atoms with Gasteiger partial charge in [-0.1, -0.05) is 28.8 Å². The number of benzene rings is 1. The van der Waals surface area contributed by atoms with Gasteiger partial charge in [0, 0.05) is 35.0 Å². The fourth-order valence-electron chi connectivity index (χ4n) is 2.77. The summed E-state index contributed by atoms with van der Waals surface area (Å²) in [5, 5.41) is 3.24. The maximum absolute atomic E-state index is 12.7. The van der Waals surface area contributed by atoms with Crippen molar-refractivity contribution >= 4 is 33.3 Å². The van der Waals surface area contributed by atoms with Crippen molar-refractivity contribution in [1.82, 2.24) is 9.88 Å². The molecule has 23 heavy (non-hydrogen) atoms. The van der Waals surface area contributed by atoms with Crippen LogP contribution in [0.25, 0.3) is 0 Å². The topological polar surface area (TPSA) is 45.2 Å². The van der Waals surface area contributed by atoms with Crippen LogP contribution in [0.15, 0.2) is 47.1 Å². The van der Waals surface area contributed by atoms with Crippen LogP contribution in [0.3, 0.4) is 0 Å². The zero-order valence-electron chi connectivity index (χ0n) is 13.0. The number of amides is 1. The average molecular weight is 374 g/mol. The van der Waals surface area contributed by atoms with Crippen LogP contribution in [-0.4, -0.2) is 28.9 Å². The van der Waals surface area contributed by atoms with Gasteiger partial charge in [0.05, 0.1) is 0 Å². The molecule has 0 atom stereocenters. The Hall–Kier alpha value is -1.88. The standard InChI is InChI=1S/C18H20BrN3O/c19-15-5-7-16(8-6-15)21-17-13-14(9-10-20-17)18(23)22-11-3-1-2-4-12-22/h5-10,13H,1-4,11-12H2,(H,20,21). The highest BCUT2D eigenvalue weighted by Gasteiger charge is 2.17. The molecule has 1 aliphatic rings. The van der Waals surface area contributed by atoms with Gasteiger partial charge in [0.2, 0.25) is 0 Å². The number of likely N-dealkylation sites (tertiary alicyclic amines) is 1. The molecular weight excluding hydrogens is 354 g/mol. The van der Waals surface area contributed by atoms with E-state index in [0.717, 1.165) is 36.1 Å². The van der Waals surface area contributed by atoms with Crippen molar-refractivity contribution in [2.24, 2.45) is 0 Å². The molecule has 1 saturated heterocycles. The summed E-state index contributed by atoms with van der Waals surface area (Å²) in [4.78, 5) is 18.9. The van der Waals surface area contributed by atoms with E-state index in [1.165, 1.54) is 12.8 Å². The third kappa shape index (κ3) is 4.32. The summed E-state index contributed by atoms with van der Waals surface area (Å²) in [6.45, 7) is 1.72. The van der Waals surface area contributed by atoms with Gasteiger partial charge in [-0.2, -0.15) is 0 Å². The average Bonchev–Trinajstić information content (AvgIpc) is 2.86. The van der Waals surface area contributed by atoms with Crippen LogP contribution in [0.1, 0.15) is 36.0 Å². The molecule has 1 fully saturated rings. The Kier molecular flexibility index (Phi) is 5.28. The van der Waals surface area contributed by atoms with E-state index in [1.54, 1.807) is 12.3 Å². The lowest BCUT2D eigenvalue weighted by atomic mass is 10.2. The van der Waals surface area contributed by atoms with Gasteiger partial charge >= 0.3 is 0 Å². The summed E-state index contributed by atoms with van der Waals surface area (Å²) in [6, 6.07) is 11.5. The van der Waals surface area contributed by atoms with E-state index in [2.05, 4.69) is 26.2 Å². The first-order valence-corrected chi connectivity index (χ1v) is 8.79. The van der Waals surface area contributed by atoms with Crippen molar-refractivity contribution < 1.29 is 4.79 Å². The quantitative estimate of drug-likeness (QED) is 0.854. The van der Waals surface area contributed by atoms with Gasteiger partial charge in [-0.05, 0) is 49.2 Å². The number of halogens is 1. The number of hydrogen-bond acceptors (Lipinski definition) is 3. The molecule has 1 N–H and O–H groups in total. The van der Waals surface area contributed by atoms with Gasteiger partial charge in [0.1, 0.15) is 5.82 Å². The van der Waals surface area contributed by atoms with E-state index in [-0.39, 0.29) is 5.91 Å². The lowest BCUT2D eigenvalue weighted by molar-refractivity contribution is 0.0761. The first-order chi connectivity index (χ1) is 11.2. The maximum Gasteiger partial charge on any atom is 0.254 e. The number of nitrogens with zero attached hydrogens (tertiary/aromatic N) is 2. The molecule has 0 aliphatic carbocycles. The van der Waals surface area contributed by atoms with Crippen LogP contribution in [0.4, 0.5) is 11.5 Å². The highest BCUT2D eigenvalue weighted by Crippen LogP contribution is 2.20. The molecule has 4 nitrogen and oxygen atoms in total. The van der Waals surface area contributed by atoms with Gasteiger partial charge in [-0.3, -0.25) is 4.79 Å². The number of aromatic nitrogens is 1. The summed E-state index contributed by atoms with van der Waals surface area (Å²) in [7, 11) is 0. The molecule has 1 amide bonds. The maximum atomic E-state index is 12.7. The van der Waals surface area contributed by atoms with E-state index in [1.807, 2.05) is 35.2 Å². The van der Waals surface area contributed by atoms with Crippen molar-refractivity contribution in [2.45, 2.75) is 25.7 Å². The lowest BCUT2D eigenvalue weighted by Crippen LogP contribution is -2.31. The van der Waals surface area contributed by atoms with Crippen molar-refractivity contribution in [1.29, 1.82) is 0 Å². The fraction of sp³-hybridized carbons (Fsp3) is 0.333. The summed E-state index contributed by atoms with van der Waals surface area (Å²) >= 11 is 3.42. The van der Waals surface area contributed by atoms with Gasteiger partial charge < -0.3 is 10.2 Å². The van der Waals surface area contributed by atoms with E-state index >= 15 is 0 Å². The van der Waals surface area contributed by atoms with E-state index < -0.39 is 0 Å². The number of rotatable bonds is 3. The fourth-order valence-corrected chi connectivity index (χ4v) is 3.03.